The van der Waals surface area contributed by atoms with Crippen LogP contribution in [0.4, 0.5) is 0 Å². The fraction of sp³-hybridized carbons (Fsp3) is 0.455. The molecule has 0 bridgehead atoms. The first-order valence-electron chi connectivity index (χ1n) is 4.77. The largest absolute Gasteiger partial charge is 0.634 e. The van der Waals surface area contributed by atoms with Crippen LogP contribution in [-0.2, 0) is 0 Å². The summed E-state index contributed by atoms with van der Waals surface area (Å²) >= 11 is 0. The predicted octanol–water partition coefficient (Wildman–Crippen LogP) is 0.159. The summed E-state index contributed by atoms with van der Waals surface area (Å²) in [6, 6.07) is 0. The Balaban J connectivity index is 2.89. The summed E-state index contributed by atoms with van der Waals surface area (Å²) in [5.74, 6) is 0. The van der Waals surface area contributed by atoms with Crippen molar-refractivity contribution in [3.05, 3.63) is 40.7 Å². The van der Waals surface area contributed by atoms with E-state index in [-0.39, 0.29) is 5.06 Å². The third-order valence-electron chi connectivity index (χ3n) is 2.05. The SMILES string of the molecule is CC1=CC(C)(N)C=C(C[NH+](C)[O-])C=C1. The zero-order valence-electron chi connectivity index (χ0n) is 9.00. The predicted molar refractivity (Wildman–Crippen MR) is 58.7 cm³/mol. The second-order valence-corrected chi connectivity index (χ2v) is 4.19. The lowest BCUT2D eigenvalue weighted by Gasteiger charge is -2.19. The van der Waals surface area contributed by atoms with Gasteiger partial charge in [-0.3, -0.25) is 0 Å². The molecule has 78 valence electrons. The number of allylic oxidation sites excluding steroid dienone is 2. The average molecular weight is 194 g/mol. The molecule has 0 aliphatic heterocycles. The van der Waals surface area contributed by atoms with Gasteiger partial charge in [0, 0.05) is 5.57 Å². The molecule has 0 aromatic carbocycles. The maximum absolute atomic E-state index is 11.0. The topological polar surface area (TPSA) is 53.5 Å². The number of nitrogens with two attached hydrogens (primary N) is 1. The van der Waals surface area contributed by atoms with Crippen molar-refractivity contribution in [3.63, 3.8) is 0 Å². The molecular weight excluding hydrogens is 176 g/mol. The number of hydrogen-bond donors (Lipinski definition) is 2. The van der Waals surface area contributed by atoms with Crippen LogP contribution in [0.5, 0.6) is 0 Å². The van der Waals surface area contributed by atoms with Gasteiger partial charge < -0.3 is 16.0 Å². The number of rotatable bonds is 2. The minimum absolute atomic E-state index is 0.163. The zero-order valence-corrected chi connectivity index (χ0v) is 9.00. The molecule has 2 unspecified atom stereocenters. The molecule has 0 saturated carbocycles. The highest BCUT2D eigenvalue weighted by Crippen LogP contribution is 2.16. The van der Waals surface area contributed by atoms with Crippen LogP contribution < -0.4 is 10.8 Å². The lowest BCUT2D eigenvalue weighted by molar-refractivity contribution is -0.819. The maximum atomic E-state index is 11.0. The molecular formula is C11H18N2O. The van der Waals surface area contributed by atoms with E-state index in [0.717, 1.165) is 11.1 Å². The Kier molecular flexibility index (Phi) is 3.26. The number of likely N-dealkylation sites (N-methyl/N-ethyl adjacent to an activating group) is 1. The fourth-order valence-electron chi connectivity index (χ4n) is 1.66. The van der Waals surface area contributed by atoms with E-state index < -0.39 is 5.54 Å². The molecule has 0 heterocycles. The Morgan fingerprint density at radius 3 is 2.64 bits per heavy atom. The van der Waals surface area contributed by atoms with Gasteiger partial charge in [0.25, 0.3) is 0 Å². The molecule has 3 nitrogen and oxygen atoms in total. The van der Waals surface area contributed by atoms with Crippen molar-refractivity contribution < 1.29 is 5.06 Å². The normalized spacial score (nSPS) is 29.2. The molecule has 0 spiro atoms. The summed E-state index contributed by atoms with van der Waals surface area (Å²) < 4.78 is 0. The summed E-state index contributed by atoms with van der Waals surface area (Å²) in [6.45, 7) is 4.40. The first kappa shape index (κ1) is 11.2. The summed E-state index contributed by atoms with van der Waals surface area (Å²) in [5.41, 5.74) is 7.71. The van der Waals surface area contributed by atoms with Crippen LogP contribution >= 0.6 is 0 Å². The molecule has 1 rings (SSSR count). The second-order valence-electron chi connectivity index (χ2n) is 4.19. The fourth-order valence-corrected chi connectivity index (χ4v) is 1.66. The van der Waals surface area contributed by atoms with Gasteiger partial charge in [-0.2, -0.15) is 0 Å². The van der Waals surface area contributed by atoms with E-state index in [0.29, 0.717) is 6.54 Å². The highest BCUT2D eigenvalue weighted by atomic mass is 16.5. The molecule has 0 fully saturated rings. The number of quaternary nitrogens is 1. The van der Waals surface area contributed by atoms with E-state index in [9.17, 15) is 5.21 Å². The summed E-state index contributed by atoms with van der Waals surface area (Å²) in [7, 11) is 1.59. The lowest BCUT2D eigenvalue weighted by atomic mass is 9.99. The first-order valence-corrected chi connectivity index (χ1v) is 4.77. The van der Waals surface area contributed by atoms with E-state index in [1.54, 1.807) is 7.05 Å². The highest BCUT2D eigenvalue weighted by Gasteiger charge is 2.15. The van der Waals surface area contributed by atoms with E-state index >= 15 is 0 Å². The Labute approximate surface area is 85.2 Å². The Morgan fingerprint density at radius 2 is 2.07 bits per heavy atom. The molecule has 3 N–H and O–H groups in total. The van der Waals surface area contributed by atoms with E-state index in [1.807, 2.05) is 38.2 Å². The van der Waals surface area contributed by atoms with Gasteiger partial charge in [0.2, 0.25) is 0 Å². The molecule has 3 heteroatoms. The van der Waals surface area contributed by atoms with Crippen LogP contribution in [0.15, 0.2) is 35.5 Å². The van der Waals surface area contributed by atoms with Crippen molar-refractivity contribution >= 4 is 0 Å². The third kappa shape index (κ3) is 3.46. The van der Waals surface area contributed by atoms with Gasteiger partial charge >= 0.3 is 0 Å². The van der Waals surface area contributed by atoms with E-state index in [4.69, 9.17) is 5.73 Å². The second kappa shape index (κ2) is 4.09. The third-order valence-corrected chi connectivity index (χ3v) is 2.05. The Morgan fingerprint density at radius 1 is 1.43 bits per heavy atom. The van der Waals surface area contributed by atoms with Gasteiger partial charge in [0.15, 0.2) is 0 Å². The van der Waals surface area contributed by atoms with E-state index in [1.165, 1.54) is 0 Å². The molecule has 0 radical (unpaired) electrons. The molecule has 0 aromatic rings. The number of hydrogen-bond acceptors (Lipinski definition) is 2. The van der Waals surface area contributed by atoms with Crippen LogP contribution in [-0.4, -0.2) is 19.1 Å². The van der Waals surface area contributed by atoms with Crippen molar-refractivity contribution in [2.24, 2.45) is 5.73 Å². The zero-order chi connectivity index (χ0) is 10.8. The van der Waals surface area contributed by atoms with Gasteiger partial charge in [0.1, 0.15) is 6.54 Å². The van der Waals surface area contributed by atoms with Gasteiger partial charge in [-0.05, 0) is 13.8 Å². The molecule has 0 amide bonds. The minimum atomic E-state index is -0.446. The summed E-state index contributed by atoms with van der Waals surface area (Å²) in [4.78, 5) is 0. The van der Waals surface area contributed by atoms with Crippen LogP contribution in [0.3, 0.4) is 0 Å². The standard InChI is InChI=1S/C11H18N2O/c1-9-4-5-10(8-13(3)14)7-11(2,12)6-9/h4-7,13H,8,12H2,1-3H3. The van der Waals surface area contributed by atoms with Gasteiger partial charge in [-0.25, -0.2) is 0 Å². The average Bonchev–Trinajstić information content (AvgIpc) is 2.07. The monoisotopic (exact) mass is 194 g/mol. The number of hydroxylamine groups is 2. The first-order chi connectivity index (χ1) is 6.39. The summed E-state index contributed by atoms with van der Waals surface area (Å²) in [6.07, 6.45) is 7.90. The van der Waals surface area contributed by atoms with Gasteiger partial charge in [-0.15, -0.1) is 0 Å². The Bertz CT molecular complexity index is 298. The maximum Gasteiger partial charge on any atom is 0.102 e. The summed E-state index contributed by atoms with van der Waals surface area (Å²) in [5, 5.41) is 11.1. The molecule has 14 heavy (non-hydrogen) atoms. The van der Waals surface area contributed by atoms with Crippen LogP contribution in [0, 0.1) is 5.21 Å². The molecule has 2 atom stereocenters. The number of nitrogens with one attached hydrogen (secondary N) is 1. The minimum Gasteiger partial charge on any atom is -0.634 e. The Hall–Kier alpha value is -0.900. The molecule has 1 aliphatic rings. The van der Waals surface area contributed by atoms with Crippen molar-refractivity contribution in [2.45, 2.75) is 19.4 Å². The van der Waals surface area contributed by atoms with Crippen LogP contribution in [0.1, 0.15) is 13.8 Å². The van der Waals surface area contributed by atoms with Gasteiger partial charge in [-0.1, -0.05) is 29.9 Å². The van der Waals surface area contributed by atoms with Crippen molar-refractivity contribution in [2.75, 3.05) is 13.6 Å². The van der Waals surface area contributed by atoms with Crippen LogP contribution in [0.25, 0.3) is 0 Å². The van der Waals surface area contributed by atoms with Crippen molar-refractivity contribution in [1.82, 2.24) is 0 Å². The molecule has 1 aliphatic carbocycles. The van der Waals surface area contributed by atoms with Gasteiger partial charge in [0.05, 0.1) is 12.6 Å². The van der Waals surface area contributed by atoms with Crippen LogP contribution in [0.2, 0.25) is 0 Å². The van der Waals surface area contributed by atoms with E-state index in [2.05, 4.69) is 0 Å². The lowest BCUT2D eigenvalue weighted by Crippen LogP contribution is -3.04. The highest BCUT2D eigenvalue weighted by molar-refractivity contribution is 5.37. The quantitative estimate of drug-likeness (QED) is 0.615. The van der Waals surface area contributed by atoms with Crippen molar-refractivity contribution in [3.8, 4) is 0 Å². The van der Waals surface area contributed by atoms with Crippen molar-refractivity contribution in [1.29, 1.82) is 0 Å². The smallest absolute Gasteiger partial charge is 0.102 e. The molecule has 0 aromatic heterocycles. The molecule has 0 saturated heterocycles.